The first-order chi connectivity index (χ1) is 39.1. The molecule has 0 aliphatic rings. The number of aromatic nitrogens is 1. The van der Waals surface area contributed by atoms with Crippen molar-refractivity contribution in [1.82, 2.24) is 4.57 Å². The molecule has 0 spiro atoms. The van der Waals surface area contributed by atoms with Gasteiger partial charge >= 0.3 is 0 Å². The van der Waals surface area contributed by atoms with Crippen LogP contribution in [0, 0.1) is 0 Å². The number of hydrogen-bond acceptors (Lipinski definition) is 4. The summed E-state index contributed by atoms with van der Waals surface area (Å²) in [5.41, 5.74) is 17.3. The molecule has 0 atom stereocenters. The van der Waals surface area contributed by atoms with Gasteiger partial charge in [-0.2, -0.15) is 0 Å². The highest BCUT2D eigenvalue weighted by Crippen LogP contribution is 2.47. The monoisotopic (exact) mass is 1010 g/mol. The second kappa shape index (κ2) is 18.0. The van der Waals surface area contributed by atoms with Gasteiger partial charge in [-0.15, -0.1) is 0 Å². The lowest BCUT2D eigenvalue weighted by Crippen LogP contribution is -2.13. The van der Waals surface area contributed by atoms with Gasteiger partial charge in [0.2, 0.25) is 0 Å². The van der Waals surface area contributed by atoms with Crippen molar-refractivity contribution >= 4 is 121 Å². The van der Waals surface area contributed by atoms with Crippen molar-refractivity contribution in [2.45, 2.75) is 0 Å². The summed E-state index contributed by atoms with van der Waals surface area (Å²) < 4.78 is 15.7. The zero-order chi connectivity index (χ0) is 52.0. The second-order valence-corrected chi connectivity index (χ2v) is 20.5. The molecule has 370 valence electrons. The molecule has 0 N–H and O–H groups in total. The Labute approximate surface area is 455 Å². The minimum atomic E-state index is 0.828. The Kier molecular flexibility index (Phi) is 10.2. The fourth-order valence-corrected chi connectivity index (χ4v) is 12.1. The summed E-state index contributed by atoms with van der Waals surface area (Å²) in [7, 11) is 0. The maximum atomic E-state index is 6.64. The fraction of sp³-hybridized carbons (Fsp3) is 0. The zero-order valence-electron chi connectivity index (χ0n) is 42.8. The first-order valence-corrected chi connectivity index (χ1v) is 26.9. The van der Waals surface area contributed by atoms with E-state index in [0.29, 0.717) is 0 Å². The number of benzene rings is 13. The molecular formula is C74H47N3O2. The number of anilines is 6. The highest BCUT2D eigenvalue weighted by molar-refractivity contribution is 6.11. The van der Waals surface area contributed by atoms with Crippen molar-refractivity contribution in [2.24, 2.45) is 0 Å². The van der Waals surface area contributed by atoms with Gasteiger partial charge in [0.05, 0.1) is 11.0 Å². The van der Waals surface area contributed by atoms with E-state index in [2.05, 4.69) is 275 Å². The topological polar surface area (TPSA) is 37.7 Å². The second-order valence-electron chi connectivity index (χ2n) is 20.5. The van der Waals surface area contributed by atoms with Crippen molar-refractivity contribution in [3.8, 4) is 27.9 Å². The van der Waals surface area contributed by atoms with Crippen LogP contribution in [-0.2, 0) is 0 Å². The number of para-hydroxylation sites is 3. The highest BCUT2D eigenvalue weighted by Gasteiger charge is 2.23. The molecule has 0 aliphatic heterocycles. The molecule has 0 bridgehead atoms. The van der Waals surface area contributed by atoms with Crippen LogP contribution in [0.4, 0.5) is 34.1 Å². The SMILES string of the molecule is c1ccc(-c2ccc(-n3c4ccccc4c4cc(-c5cc(N(c6ccc7ccccc7c6)c6ccc7c(c6)oc6ccccc67)cc(N(c6ccc7ccccc7c6)c6ccc7c(c6)oc6ccccc67)c5)ccc43)cc2)cc1. The summed E-state index contributed by atoms with van der Waals surface area (Å²) in [5.74, 6) is 0. The summed E-state index contributed by atoms with van der Waals surface area (Å²) in [6.07, 6.45) is 0. The molecule has 0 aliphatic carbocycles. The Morgan fingerprint density at radius 1 is 0.228 bits per heavy atom. The van der Waals surface area contributed by atoms with Crippen LogP contribution in [0.2, 0.25) is 0 Å². The van der Waals surface area contributed by atoms with Crippen molar-refractivity contribution in [1.29, 1.82) is 0 Å². The number of fused-ring (bicyclic) bond motifs is 11. The summed E-state index contributed by atoms with van der Waals surface area (Å²) >= 11 is 0. The van der Waals surface area contributed by atoms with E-state index in [9.17, 15) is 0 Å². The average molecular weight is 1010 g/mol. The standard InChI is InChI=1S/C74H47N3O2/c1-2-14-48(15-3-1)51-26-31-56(32-27-51)77-69-23-11-8-20-63(69)68-44-54(30-39-70(68)77)55-42-61(75(57-33-28-49-16-4-6-18-52(49)40-57)59-35-37-66-64-21-9-12-24-71(64)78-73(66)46-59)45-62(43-55)76(58-34-29-50-17-5-7-19-53(50)41-58)60-36-38-67-65-22-10-13-25-72(65)79-74(67)47-60/h1-47H. The normalized spacial score (nSPS) is 11.8. The van der Waals surface area contributed by atoms with Crippen LogP contribution < -0.4 is 9.80 Å². The van der Waals surface area contributed by atoms with E-state index in [1.54, 1.807) is 0 Å². The van der Waals surface area contributed by atoms with E-state index >= 15 is 0 Å². The van der Waals surface area contributed by atoms with Gasteiger partial charge < -0.3 is 23.2 Å². The first kappa shape index (κ1) is 44.7. The van der Waals surface area contributed by atoms with Crippen molar-refractivity contribution in [2.75, 3.05) is 9.80 Å². The predicted octanol–water partition coefficient (Wildman–Crippen LogP) is 21.2. The molecule has 0 unspecified atom stereocenters. The molecule has 3 heterocycles. The van der Waals surface area contributed by atoms with E-state index in [-0.39, 0.29) is 0 Å². The predicted molar refractivity (Wildman–Crippen MR) is 331 cm³/mol. The Morgan fingerprint density at radius 3 is 1.27 bits per heavy atom. The molecule has 5 heteroatoms. The average Bonchev–Trinajstić information content (AvgIpc) is 4.27. The third-order valence-corrected chi connectivity index (χ3v) is 15.9. The molecule has 0 saturated heterocycles. The molecule has 16 aromatic rings. The maximum Gasteiger partial charge on any atom is 0.137 e. The zero-order valence-corrected chi connectivity index (χ0v) is 42.8. The summed E-state index contributed by atoms with van der Waals surface area (Å²) in [6, 6.07) is 103. The first-order valence-electron chi connectivity index (χ1n) is 26.9. The largest absolute Gasteiger partial charge is 0.456 e. The van der Waals surface area contributed by atoms with E-state index in [1.165, 1.54) is 32.7 Å². The van der Waals surface area contributed by atoms with Crippen molar-refractivity contribution in [3.05, 3.63) is 285 Å². The van der Waals surface area contributed by atoms with Gasteiger partial charge in [-0.3, -0.25) is 0 Å². The smallest absolute Gasteiger partial charge is 0.137 e. The van der Waals surface area contributed by atoms with E-state index in [4.69, 9.17) is 8.83 Å². The van der Waals surface area contributed by atoms with Crippen molar-refractivity contribution in [3.63, 3.8) is 0 Å². The molecule has 0 saturated carbocycles. The molecule has 0 radical (unpaired) electrons. The molecule has 13 aromatic carbocycles. The highest BCUT2D eigenvalue weighted by atomic mass is 16.3. The molecule has 16 rings (SSSR count). The van der Waals surface area contributed by atoms with E-state index in [0.717, 1.165) is 117 Å². The number of hydrogen-bond donors (Lipinski definition) is 0. The molecule has 0 amide bonds. The van der Waals surface area contributed by atoms with Gasteiger partial charge in [0.1, 0.15) is 22.3 Å². The number of rotatable bonds is 9. The molecule has 79 heavy (non-hydrogen) atoms. The van der Waals surface area contributed by atoms with E-state index < -0.39 is 0 Å². The van der Waals surface area contributed by atoms with Gasteiger partial charge in [-0.25, -0.2) is 0 Å². The minimum Gasteiger partial charge on any atom is -0.456 e. The number of nitrogens with zero attached hydrogens (tertiary/aromatic N) is 3. The van der Waals surface area contributed by atoms with Crippen LogP contribution in [0.25, 0.3) is 115 Å². The lowest BCUT2D eigenvalue weighted by molar-refractivity contribution is 0.668. The number of furan rings is 2. The van der Waals surface area contributed by atoms with Crippen LogP contribution in [0.1, 0.15) is 0 Å². The minimum absolute atomic E-state index is 0.828. The quantitative estimate of drug-likeness (QED) is 0.144. The molecular weight excluding hydrogens is 963 g/mol. The Balaban J connectivity index is 0.949. The van der Waals surface area contributed by atoms with Crippen LogP contribution in [0.5, 0.6) is 0 Å². The van der Waals surface area contributed by atoms with E-state index in [1.807, 2.05) is 24.3 Å². The van der Waals surface area contributed by atoms with Gasteiger partial charge in [-0.05, 0) is 153 Å². The fourth-order valence-electron chi connectivity index (χ4n) is 12.1. The van der Waals surface area contributed by atoms with Crippen LogP contribution in [0.3, 0.4) is 0 Å². The lowest BCUT2D eigenvalue weighted by atomic mass is 9.99. The molecule has 5 nitrogen and oxygen atoms in total. The van der Waals surface area contributed by atoms with Crippen LogP contribution in [0.15, 0.2) is 294 Å². The van der Waals surface area contributed by atoms with Gasteiger partial charge in [-0.1, -0.05) is 164 Å². The van der Waals surface area contributed by atoms with Gasteiger partial charge in [0.25, 0.3) is 0 Å². The Hall–Kier alpha value is -10.6. The third-order valence-electron chi connectivity index (χ3n) is 15.9. The summed E-state index contributed by atoms with van der Waals surface area (Å²) in [5, 5.41) is 11.4. The van der Waals surface area contributed by atoms with Crippen molar-refractivity contribution < 1.29 is 8.83 Å². The van der Waals surface area contributed by atoms with Gasteiger partial charge in [0.15, 0.2) is 0 Å². The van der Waals surface area contributed by atoms with Gasteiger partial charge in [0, 0.05) is 84.3 Å². The van der Waals surface area contributed by atoms with Crippen LogP contribution >= 0.6 is 0 Å². The Bertz CT molecular complexity index is 4830. The summed E-state index contributed by atoms with van der Waals surface area (Å²) in [4.78, 5) is 4.77. The molecule has 0 fully saturated rings. The Morgan fingerprint density at radius 2 is 0.671 bits per heavy atom. The summed E-state index contributed by atoms with van der Waals surface area (Å²) in [6.45, 7) is 0. The molecule has 3 aromatic heterocycles. The maximum absolute atomic E-state index is 6.64. The lowest BCUT2D eigenvalue weighted by Gasteiger charge is -2.30. The van der Waals surface area contributed by atoms with Crippen LogP contribution in [-0.4, -0.2) is 4.57 Å². The third kappa shape index (κ3) is 7.55.